The normalized spacial score (nSPS) is 10.4. The molecule has 0 fully saturated rings. The summed E-state index contributed by atoms with van der Waals surface area (Å²) in [5, 5.41) is 3.36. The van der Waals surface area contributed by atoms with E-state index in [1.165, 1.54) is 0 Å². The lowest BCUT2D eigenvalue weighted by atomic mass is 10.2. The second-order valence-electron chi connectivity index (χ2n) is 4.33. The van der Waals surface area contributed by atoms with Crippen LogP contribution in [0, 0.1) is 6.92 Å². The molecule has 0 unspecified atom stereocenters. The fourth-order valence-electron chi connectivity index (χ4n) is 1.73. The van der Waals surface area contributed by atoms with Gasteiger partial charge in [0, 0.05) is 24.5 Å². The Morgan fingerprint density at radius 2 is 1.95 bits per heavy atom. The summed E-state index contributed by atoms with van der Waals surface area (Å²) in [4.78, 5) is 8.52. The smallest absolute Gasteiger partial charge is 0.223 e. The standard InChI is InChI=1S/C15H19N3O/c1-3-8-16-11-13-6-4-10-18-15(13)19-14-7-5-9-17-12(14)2/h4-7,9-10,16H,3,8,11H2,1-2H3. The van der Waals surface area contributed by atoms with Crippen molar-refractivity contribution in [3.05, 3.63) is 47.9 Å². The van der Waals surface area contributed by atoms with E-state index >= 15 is 0 Å². The summed E-state index contributed by atoms with van der Waals surface area (Å²) < 4.78 is 5.86. The first-order valence-corrected chi connectivity index (χ1v) is 6.55. The molecule has 1 N–H and O–H groups in total. The van der Waals surface area contributed by atoms with E-state index in [2.05, 4.69) is 22.2 Å². The molecule has 4 nitrogen and oxygen atoms in total. The average Bonchev–Trinajstić information content (AvgIpc) is 2.43. The van der Waals surface area contributed by atoms with Crippen LogP contribution in [-0.2, 0) is 6.54 Å². The zero-order chi connectivity index (χ0) is 13.5. The summed E-state index contributed by atoms with van der Waals surface area (Å²) in [6.07, 6.45) is 4.60. The van der Waals surface area contributed by atoms with Crippen LogP contribution in [0.1, 0.15) is 24.6 Å². The molecule has 0 aromatic carbocycles. The molecule has 2 aromatic rings. The van der Waals surface area contributed by atoms with Gasteiger partial charge in [0.25, 0.3) is 0 Å². The molecular formula is C15H19N3O. The Morgan fingerprint density at radius 1 is 1.16 bits per heavy atom. The van der Waals surface area contributed by atoms with Crippen LogP contribution in [0.15, 0.2) is 36.7 Å². The van der Waals surface area contributed by atoms with Gasteiger partial charge in [0.15, 0.2) is 5.75 Å². The maximum absolute atomic E-state index is 5.86. The largest absolute Gasteiger partial charge is 0.437 e. The van der Waals surface area contributed by atoms with E-state index in [0.29, 0.717) is 5.88 Å². The van der Waals surface area contributed by atoms with Crippen molar-refractivity contribution in [3.8, 4) is 11.6 Å². The van der Waals surface area contributed by atoms with Gasteiger partial charge in [0.2, 0.25) is 5.88 Å². The Balaban J connectivity index is 2.13. The fourth-order valence-corrected chi connectivity index (χ4v) is 1.73. The lowest BCUT2D eigenvalue weighted by Gasteiger charge is -2.11. The Labute approximate surface area is 113 Å². The van der Waals surface area contributed by atoms with Gasteiger partial charge in [-0.1, -0.05) is 13.0 Å². The zero-order valence-corrected chi connectivity index (χ0v) is 11.4. The van der Waals surface area contributed by atoms with Crippen molar-refractivity contribution in [3.63, 3.8) is 0 Å². The number of hydrogen-bond acceptors (Lipinski definition) is 4. The van der Waals surface area contributed by atoms with E-state index < -0.39 is 0 Å². The third-order valence-electron chi connectivity index (χ3n) is 2.76. The Bertz CT molecular complexity index is 528. The number of aromatic nitrogens is 2. The highest BCUT2D eigenvalue weighted by atomic mass is 16.5. The van der Waals surface area contributed by atoms with Crippen molar-refractivity contribution in [2.75, 3.05) is 6.54 Å². The minimum absolute atomic E-state index is 0.641. The van der Waals surface area contributed by atoms with Gasteiger partial charge in [-0.2, -0.15) is 0 Å². The number of ether oxygens (including phenoxy) is 1. The van der Waals surface area contributed by atoms with Gasteiger partial charge in [-0.15, -0.1) is 0 Å². The molecule has 0 aliphatic heterocycles. The Kier molecular flexibility index (Phi) is 4.86. The molecule has 0 amide bonds. The van der Waals surface area contributed by atoms with Gasteiger partial charge in [-0.25, -0.2) is 4.98 Å². The van der Waals surface area contributed by atoms with Gasteiger partial charge in [0.05, 0.1) is 5.69 Å². The van der Waals surface area contributed by atoms with Crippen molar-refractivity contribution in [2.24, 2.45) is 0 Å². The zero-order valence-electron chi connectivity index (χ0n) is 11.4. The minimum Gasteiger partial charge on any atom is -0.437 e. The van der Waals surface area contributed by atoms with Crippen LogP contribution >= 0.6 is 0 Å². The molecule has 2 aromatic heterocycles. The quantitative estimate of drug-likeness (QED) is 0.808. The van der Waals surface area contributed by atoms with Gasteiger partial charge in [-0.05, 0) is 38.1 Å². The van der Waals surface area contributed by atoms with Crippen molar-refractivity contribution in [1.29, 1.82) is 0 Å². The van der Waals surface area contributed by atoms with E-state index in [-0.39, 0.29) is 0 Å². The number of pyridine rings is 2. The first-order valence-electron chi connectivity index (χ1n) is 6.55. The molecule has 2 heterocycles. The molecule has 0 spiro atoms. The molecule has 0 saturated heterocycles. The molecule has 0 atom stereocenters. The van der Waals surface area contributed by atoms with E-state index in [0.717, 1.165) is 36.5 Å². The first-order chi connectivity index (χ1) is 9.31. The lowest BCUT2D eigenvalue weighted by molar-refractivity contribution is 0.447. The first kappa shape index (κ1) is 13.5. The summed E-state index contributed by atoms with van der Waals surface area (Å²) in [5.74, 6) is 1.39. The number of hydrogen-bond donors (Lipinski definition) is 1. The molecule has 0 aliphatic rings. The molecule has 0 radical (unpaired) electrons. The number of aryl methyl sites for hydroxylation is 1. The van der Waals surface area contributed by atoms with Gasteiger partial charge < -0.3 is 10.1 Å². The summed E-state index contributed by atoms with van der Waals surface area (Å²) in [6, 6.07) is 7.71. The topological polar surface area (TPSA) is 47.0 Å². The van der Waals surface area contributed by atoms with Gasteiger partial charge in [-0.3, -0.25) is 4.98 Å². The second-order valence-corrected chi connectivity index (χ2v) is 4.33. The molecule has 4 heteroatoms. The molecular weight excluding hydrogens is 238 g/mol. The minimum atomic E-state index is 0.641. The predicted octanol–water partition coefficient (Wildman–Crippen LogP) is 3.08. The van der Waals surface area contributed by atoms with Crippen LogP contribution < -0.4 is 10.1 Å². The summed E-state index contributed by atoms with van der Waals surface area (Å²) in [5.41, 5.74) is 1.92. The van der Waals surface area contributed by atoms with Crippen LogP contribution in [0.2, 0.25) is 0 Å². The van der Waals surface area contributed by atoms with Crippen LogP contribution in [0.25, 0.3) is 0 Å². The predicted molar refractivity (Wildman–Crippen MR) is 75.3 cm³/mol. The van der Waals surface area contributed by atoms with Crippen molar-refractivity contribution in [2.45, 2.75) is 26.8 Å². The second kappa shape index (κ2) is 6.85. The number of nitrogens with zero attached hydrogens (tertiary/aromatic N) is 2. The number of nitrogens with one attached hydrogen (secondary N) is 1. The van der Waals surface area contributed by atoms with E-state index in [4.69, 9.17) is 4.74 Å². The van der Waals surface area contributed by atoms with Crippen molar-refractivity contribution in [1.82, 2.24) is 15.3 Å². The van der Waals surface area contributed by atoms with Gasteiger partial charge in [0.1, 0.15) is 0 Å². The summed E-state index contributed by atoms with van der Waals surface area (Å²) in [7, 11) is 0. The van der Waals surface area contributed by atoms with E-state index in [9.17, 15) is 0 Å². The third kappa shape index (κ3) is 3.76. The van der Waals surface area contributed by atoms with Crippen LogP contribution in [0.4, 0.5) is 0 Å². The SMILES string of the molecule is CCCNCc1cccnc1Oc1cccnc1C. The molecule has 0 aliphatic carbocycles. The monoisotopic (exact) mass is 257 g/mol. The Hall–Kier alpha value is -1.94. The maximum atomic E-state index is 5.86. The number of rotatable bonds is 6. The molecule has 100 valence electrons. The third-order valence-corrected chi connectivity index (χ3v) is 2.76. The lowest BCUT2D eigenvalue weighted by Crippen LogP contribution is -2.14. The highest BCUT2D eigenvalue weighted by Gasteiger charge is 2.07. The van der Waals surface area contributed by atoms with E-state index in [1.807, 2.05) is 31.2 Å². The highest BCUT2D eigenvalue weighted by Crippen LogP contribution is 2.24. The van der Waals surface area contributed by atoms with Gasteiger partial charge >= 0.3 is 0 Å². The van der Waals surface area contributed by atoms with E-state index in [1.54, 1.807) is 12.4 Å². The van der Waals surface area contributed by atoms with Crippen molar-refractivity contribution >= 4 is 0 Å². The Morgan fingerprint density at radius 3 is 2.74 bits per heavy atom. The average molecular weight is 257 g/mol. The van der Waals surface area contributed by atoms with Crippen LogP contribution in [0.3, 0.4) is 0 Å². The van der Waals surface area contributed by atoms with Crippen LogP contribution in [-0.4, -0.2) is 16.5 Å². The van der Waals surface area contributed by atoms with Crippen molar-refractivity contribution < 1.29 is 4.74 Å². The summed E-state index contributed by atoms with van der Waals surface area (Å²) >= 11 is 0. The molecule has 0 saturated carbocycles. The molecule has 19 heavy (non-hydrogen) atoms. The highest BCUT2D eigenvalue weighted by molar-refractivity contribution is 5.34. The maximum Gasteiger partial charge on any atom is 0.223 e. The van der Waals surface area contributed by atoms with Crippen LogP contribution in [0.5, 0.6) is 11.6 Å². The molecule has 0 bridgehead atoms. The fraction of sp³-hybridized carbons (Fsp3) is 0.333. The summed E-state index contributed by atoms with van der Waals surface area (Å²) in [6.45, 7) is 5.82. The molecule has 2 rings (SSSR count).